The molecule has 1 saturated heterocycles. The van der Waals surface area contributed by atoms with Crippen molar-refractivity contribution < 1.29 is 59.2 Å². The molecule has 1 heterocycles. The van der Waals surface area contributed by atoms with Gasteiger partial charge in [-0.1, -0.05) is 6.07 Å². The molecule has 0 unspecified atom stereocenters. The fraction of sp³-hybridized carbons (Fsp3) is 0.280. The first kappa shape index (κ1) is 27.5. The van der Waals surface area contributed by atoms with E-state index in [4.69, 9.17) is 24.1 Å². The molecule has 0 spiro atoms. The van der Waals surface area contributed by atoms with Gasteiger partial charge >= 0.3 is 11.9 Å². The van der Waals surface area contributed by atoms with Gasteiger partial charge in [-0.2, -0.15) is 0 Å². The Labute approximate surface area is 210 Å². The second kappa shape index (κ2) is 12.2. The lowest BCUT2D eigenvalue weighted by Crippen LogP contribution is -2.60. The number of ether oxygens (including phenoxy) is 4. The number of rotatable bonds is 9. The summed E-state index contributed by atoms with van der Waals surface area (Å²) in [5.41, 5.74) is 0.701. The lowest BCUT2D eigenvalue weighted by atomic mass is 9.99. The van der Waals surface area contributed by atoms with E-state index in [0.717, 1.165) is 12.2 Å². The number of aliphatic carboxylic acids is 1. The van der Waals surface area contributed by atoms with Gasteiger partial charge in [-0.3, -0.25) is 0 Å². The van der Waals surface area contributed by atoms with Crippen LogP contribution in [0.4, 0.5) is 0 Å². The zero-order chi connectivity index (χ0) is 27.1. The molecule has 0 radical (unpaired) electrons. The van der Waals surface area contributed by atoms with Gasteiger partial charge in [-0.25, -0.2) is 9.59 Å². The van der Waals surface area contributed by atoms with E-state index in [0.29, 0.717) is 16.9 Å². The average Bonchev–Trinajstić information content (AvgIpc) is 2.87. The molecule has 198 valence electrons. The van der Waals surface area contributed by atoms with Crippen molar-refractivity contribution >= 4 is 24.1 Å². The van der Waals surface area contributed by atoms with Gasteiger partial charge in [0.15, 0.2) is 11.5 Å². The standard InChI is InChI=1S/C25H26O12/c1-34-15-6-4-14(5-8-20(28)29)18(11-15)36-25-24(33)23(32)22(31)19(37-25)12-35-21(30)9-3-13-2-7-16(26)17(27)10-13/h2-11,19,22-27,31-33H,12H2,1H3,(H,28,29)/t19-,22+,23+,24-,25+/m0/s1. The number of phenols is 2. The lowest BCUT2D eigenvalue weighted by Gasteiger charge is -2.40. The van der Waals surface area contributed by atoms with Gasteiger partial charge in [0.25, 0.3) is 0 Å². The monoisotopic (exact) mass is 518 g/mol. The minimum absolute atomic E-state index is 0.0559. The van der Waals surface area contributed by atoms with Crippen LogP contribution in [0.2, 0.25) is 0 Å². The number of phenolic OH excluding ortho intramolecular Hbond substituents is 2. The maximum Gasteiger partial charge on any atom is 0.330 e. The Kier molecular flexibility index (Phi) is 9.09. The highest BCUT2D eigenvalue weighted by Crippen LogP contribution is 2.31. The molecule has 0 bridgehead atoms. The first-order chi connectivity index (χ1) is 17.6. The van der Waals surface area contributed by atoms with Crippen LogP contribution in [-0.2, 0) is 19.1 Å². The summed E-state index contributed by atoms with van der Waals surface area (Å²) in [7, 11) is 1.40. The van der Waals surface area contributed by atoms with Crippen molar-refractivity contribution in [1.29, 1.82) is 0 Å². The molecule has 37 heavy (non-hydrogen) atoms. The first-order valence-corrected chi connectivity index (χ1v) is 10.9. The molecule has 6 N–H and O–H groups in total. The van der Waals surface area contributed by atoms with E-state index in [-0.39, 0.29) is 17.2 Å². The van der Waals surface area contributed by atoms with Crippen molar-refractivity contribution in [3.05, 3.63) is 59.7 Å². The quantitative estimate of drug-likeness (QED) is 0.154. The molecule has 0 saturated carbocycles. The highest BCUT2D eigenvalue weighted by molar-refractivity contribution is 5.87. The van der Waals surface area contributed by atoms with E-state index < -0.39 is 49.3 Å². The maximum atomic E-state index is 12.1. The summed E-state index contributed by atoms with van der Waals surface area (Å²) in [6.07, 6.45) is -3.39. The predicted molar refractivity (Wildman–Crippen MR) is 127 cm³/mol. The summed E-state index contributed by atoms with van der Waals surface area (Å²) in [5.74, 6) is -2.32. The summed E-state index contributed by atoms with van der Waals surface area (Å²) in [6, 6.07) is 8.39. The topological polar surface area (TPSA) is 192 Å². The van der Waals surface area contributed by atoms with E-state index in [1.165, 1.54) is 49.6 Å². The second-order valence-corrected chi connectivity index (χ2v) is 7.92. The number of hydrogen-bond acceptors (Lipinski definition) is 11. The number of carboxylic acid groups (broad SMARTS) is 1. The minimum Gasteiger partial charge on any atom is -0.504 e. The van der Waals surface area contributed by atoms with Crippen LogP contribution in [0, 0.1) is 0 Å². The van der Waals surface area contributed by atoms with Crippen LogP contribution in [0.3, 0.4) is 0 Å². The number of carboxylic acids is 1. The van der Waals surface area contributed by atoms with Crippen molar-refractivity contribution in [3.8, 4) is 23.0 Å². The zero-order valence-electron chi connectivity index (χ0n) is 19.5. The average molecular weight is 518 g/mol. The molecule has 3 rings (SSSR count). The van der Waals surface area contributed by atoms with Gasteiger partial charge in [0.2, 0.25) is 6.29 Å². The maximum absolute atomic E-state index is 12.1. The Bertz CT molecular complexity index is 1170. The van der Waals surface area contributed by atoms with Gasteiger partial charge in [0, 0.05) is 23.8 Å². The summed E-state index contributed by atoms with van der Waals surface area (Å²) >= 11 is 0. The number of aliphatic hydroxyl groups is 3. The molecule has 1 fully saturated rings. The molecular weight excluding hydrogens is 492 g/mol. The summed E-state index contributed by atoms with van der Waals surface area (Å²) in [6.45, 7) is -0.515. The van der Waals surface area contributed by atoms with Gasteiger partial charge in [-0.15, -0.1) is 0 Å². The normalized spacial score (nSPS) is 23.7. The molecular formula is C25H26O12. The smallest absolute Gasteiger partial charge is 0.330 e. The molecule has 12 heteroatoms. The van der Waals surface area contributed by atoms with Gasteiger partial charge in [0.05, 0.1) is 7.11 Å². The van der Waals surface area contributed by atoms with Crippen LogP contribution in [0.25, 0.3) is 12.2 Å². The summed E-state index contributed by atoms with van der Waals surface area (Å²) < 4.78 is 21.5. The van der Waals surface area contributed by atoms with Crippen molar-refractivity contribution in [1.82, 2.24) is 0 Å². The Morgan fingerprint density at radius 2 is 1.70 bits per heavy atom. The molecule has 0 aromatic heterocycles. The zero-order valence-corrected chi connectivity index (χ0v) is 19.5. The van der Waals surface area contributed by atoms with Crippen LogP contribution < -0.4 is 9.47 Å². The highest BCUT2D eigenvalue weighted by Gasteiger charge is 2.45. The number of aromatic hydroxyl groups is 2. The Morgan fingerprint density at radius 3 is 2.38 bits per heavy atom. The number of hydrogen-bond donors (Lipinski definition) is 6. The number of carbonyl (C=O) groups excluding carboxylic acids is 1. The number of aliphatic hydroxyl groups excluding tert-OH is 3. The van der Waals surface area contributed by atoms with Crippen molar-refractivity contribution in [2.24, 2.45) is 0 Å². The van der Waals surface area contributed by atoms with Crippen LogP contribution in [0.5, 0.6) is 23.0 Å². The minimum atomic E-state index is -1.72. The van der Waals surface area contributed by atoms with Gasteiger partial charge in [0.1, 0.15) is 42.5 Å². The van der Waals surface area contributed by atoms with E-state index >= 15 is 0 Å². The Balaban J connectivity index is 1.69. The molecule has 2 aromatic carbocycles. The van der Waals surface area contributed by atoms with Crippen molar-refractivity contribution in [2.45, 2.75) is 30.7 Å². The van der Waals surface area contributed by atoms with Gasteiger partial charge < -0.3 is 49.6 Å². The van der Waals surface area contributed by atoms with Gasteiger partial charge in [-0.05, 0) is 42.0 Å². The summed E-state index contributed by atoms with van der Waals surface area (Å²) in [4.78, 5) is 23.0. The molecule has 1 aliphatic rings. The fourth-order valence-electron chi connectivity index (χ4n) is 3.34. The Hall–Kier alpha value is -4.10. The van der Waals surface area contributed by atoms with Crippen molar-refractivity contribution in [2.75, 3.05) is 13.7 Å². The molecule has 5 atom stereocenters. The Morgan fingerprint density at radius 1 is 0.946 bits per heavy atom. The predicted octanol–water partition coefficient (Wildman–Crippen LogP) is 0.647. The third kappa shape index (κ3) is 7.21. The number of benzene rings is 2. The lowest BCUT2D eigenvalue weighted by molar-refractivity contribution is -0.278. The van der Waals surface area contributed by atoms with E-state index in [2.05, 4.69) is 0 Å². The van der Waals surface area contributed by atoms with E-state index in [9.17, 15) is 35.1 Å². The molecule has 0 aliphatic carbocycles. The second-order valence-electron chi connectivity index (χ2n) is 7.92. The number of esters is 1. The third-order valence-corrected chi connectivity index (χ3v) is 5.34. The van der Waals surface area contributed by atoms with Crippen LogP contribution in [-0.4, -0.2) is 87.0 Å². The number of methoxy groups -OCH3 is 1. The molecule has 12 nitrogen and oxygen atoms in total. The third-order valence-electron chi connectivity index (χ3n) is 5.34. The summed E-state index contributed by atoms with van der Waals surface area (Å²) in [5, 5.41) is 58.8. The highest BCUT2D eigenvalue weighted by atomic mass is 16.7. The number of carbonyl (C=O) groups is 2. The molecule has 0 amide bonds. The molecule has 2 aromatic rings. The van der Waals surface area contributed by atoms with Crippen LogP contribution >= 0.6 is 0 Å². The van der Waals surface area contributed by atoms with Crippen molar-refractivity contribution in [3.63, 3.8) is 0 Å². The van der Waals surface area contributed by atoms with Crippen LogP contribution in [0.1, 0.15) is 11.1 Å². The SMILES string of the molecule is COc1ccc(C=CC(=O)O)c(O[C@@H]2O[C@@H](COC(=O)C=Cc3ccc(O)c(O)c3)[C@@H](O)[C@@H](O)[C@@H]2O)c1. The van der Waals surface area contributed by atoms with E-state index in [1.807, 2.05) is 0 Å². The van der Waals surface area contributed by atoms with Crippen LogP contribution in [0.15, 0.2) is 48.6 Å². The van der Waals surface area contributed by atoms with E-state index in [1.54, 1.807) is 6.07 Å². The largest absolute Gasteiger partial charge is 0.504 e. The fourth-order valence-corrected chi connectivity index (χ4v) is 3.34. The molecule has 1 aliphatic heterocycles. The first-order valence-electron chi connectivity index (χ1n) is 10.9.